The average Bonchev–Trinajstić information content (AvgIpc) is 2.74. The van der Waals surface area contributed by atoms with Crippen LogP contribution in [0.5, 0.6) is 0 Å². The number of para-hydroxylation sites is 1. The Labute approximate surface area is 188 Å². The summed E-state index contributed by atoms with van der Waals surface area (Å²) in [7, 11) is -3.89. The zero-order valence-corrected chi connectivity index (χ0v) is 18.9. The second kappa shape index (κ2) is 8.22. The third kappa shape index (κ3) is 4.51. The first-order valence-corrected chi connectivity index (χ1v) is 11.7. The molecule has 0 aliphatic carbocycles. The molecule has 8 heteroatoms. The molecule has 4 aromatic rings. The highest BCUT2D eigenvalue weighted by Gasteiger charge is 2.17. The number of fused-ring (bicyclic) bond motifs is 1. The first-order chi connectivity index (χ1) is 14.7. The number of aromatic nitrogens is 1. The number of primary sulfonamides is 1. The van der Waals surface area contributed by atoms with Gasteiger partial charge in [0.05, 0.1) is 21.7 Å². The number of carbonyl (C=O) groups is 1. The first kappa shape index (κ1) is 21.2. The average molecular weight is 496 g/mol. The summed E-state index contributed by atoms with van der Waals surface area (Å²) in [5.74, 6) is -0.369. The molecule has 31 heavy (non-hydrogen) atoms. The van der Waals surface area contributed by atoms with Gasteiger partial charge in [-0.15, -0.1) is 0 Å². The number of hydrogen-bond donors (Lipinski definition) is 2. The first-order valence-electron chi connectivity index (χ1n) is 9.33. The Morgan fingerprint density at radius 3 is 2.42 bits per heavy atom. The van der Waals surface area contributed by atoms with E-state index in [1.807, 2.05) is 48.5 Å². The van der Waals surface area contributed by atoms with Crippen LogP contribution in [0.15, 0.2) is 82.2 Å². The molecule has 3 N–H and O–H groups in total. The molecule has 0 unspecified atom stereocenters. The lowest BCUT2D eigenvalue weighted by Crippen LogP contribution is -2.16. The van der Waals surface area contributed by atoms with Crippen molar-refractivity contribution in [1.29, 1.82) is 0 Å². The van der Waals surface area contributed by atoms with Crippen LogP contribution in [0.25, 0.3) is 22.2 Å². The number of nitrogens with zero attached hydrogens (tertiary/aromatic N) is 1. The summed E-state index contributed by atoms with van der Waals surface area (Å²) in [6.45, 7) is 1.78. The van der Waals surface area contributed by atoms with Gasteiger partial charge in [-0.2, -0.15) is 0 Å². The minimum Gasteiger partial charge on any atom is -0.322 e. The molecule has 0 saturated heterocycles. The van der Waals surface area contributed by atoms with Crippen LogP contribution in [0, 0.1) is 6.92 Å². The van der Waals surface area contributed by atoms with E-state index in [-0.39, 0.29) is 10.8 Å². The smallest absolute Gasteiger partial charge is 0.256 e. The molecule has 0 radical (unpaired) electrons. The highest BCUT2D eigenvalue weighted by atomic mass is 79.9. The van der Waals surface area contributed by atoms with Gasteiger partial charge >= 0.3 is 0 Å². The molecule has 0 fully saturated rings. The second-order valence-corrected chi connectivity index (χ2v) is 9.53. The van der Waals surface area contributed by atoms with Gasteiger partial charge in [-0.1, -0.05) is 52.3 Å². The second-order valence-electron chi connectivity index (χ2n) is 7.05. The van der Waals surface area contributed by atoms with Gasteiger partial charge in [-0.05, 0) is 48.9 Å². The monoisotopic (exact) mass is 495 g/mol. The maximum atomic E-state index is 13.3. The van der Waals surface area contributed by atoms with Crippen molar-refractivity contribution in [2.75, 3.05) is 5.32 Å². The van der Waals surface area contributed by atoms with Gasteiger partial charge in [-0.25, -0.2) is 18.5 Å². The summed E-state index contributed by atoms with van der Waals surface area (Å²) in [4.78, 5) is 17.9. The van der Waals surface area contributed by atoms with Crippen molar-refractivity contribution in [1.82, 2.24) is 4.98 Å². The predicted octanol–water partition coefficient (Wildman–Crippen LogP) is 4.87. The molecule has 1 aromatic heterocycles. The topological polar surface area (TPSA) is 102 Å². The number of hydrogen-bond acceptors (Lipinski definition) is 4. The molecule has 0 aliphatic rings. The van der Waals surface area contributed by atoms with Crippen molar-refractivity contribution in [2.24, 2.45) is 5.14 Å². The van der Waals surface area contributed by atoms with E-state index in [1.165, 1.54) is 12.1 Å². The van der Waals surface area contributed by atoms with Gasteiger partial charge in [-0.3, -0.25) is 4.79 Å². The molecule has 1 heterocycles. The zero-order valence-electron chi connectivity index (χ0n) is 16.5. The SMILES string of the molecule is Cc1ccc(S(N)(=O)=O)cc1NC(=O)c1cc(-c2ccc(Br)cc2)nc2ccccc12. The molecule has 0 bridgehead atoms. The van der Waals surface area contributed by atoms with E-state index >= 15 is 0 Å². The summed E-state index contributed by atoms with van der Waals surface area (Å²) >= 11 is 3.42. The molecule has 3 aromatic carbocycles. The fourth-order valence-electron chi connectivity index (χ4n) is 3.23. The minimum atomic E-state index is -3.89. The van der Waals surface area contributed by atoms with E-state index in [1.54, 1.807) is 19.1 Å². The van der Waals surface area contributed by atoms with Crippen LogP contribution >= 0.6 is 15.9 Å². The number of anilines is 1. The largest absolute Gasteiger partial charge is 0.322 e. The summed E-state index contributed by atoms with van der Waals surface area (Å²) in [6, 6.07) is 21.2. The summed E-state index contributed by atoms with van der Waals surface area (Å²) in [6.07, 6.45) is 0. The van der Waals surface area contributed by atoms with Crippen molar-refractivity contribution in [3.05, 3.63) is 88.4 Å². The molecule has 6 nitrogen and oxygen atoms in total. The van der Waals surface area contributed by atoms with Gasteiger partial charge in [0.1, 0.15) is 0 Å². The third-order valence-electron chi connectivity index (χ3n) is 4.89. The number of nitrogens with two attached hydrogens (primary N) is 1. The molecule has 0 saturated carbocycles. The Hall–Kier alpha value is -3.07. The van der Waals surface area contributed by atoms with Gasteiger partial charge in [0.2, 0.25) is 10.0 Å². The van der Waals surface area contributed by atoms with Crippen molar-refractivity contribution < 1.29 is 13.2 Å². The van der Waals surface area contributed by atoms with Crippen molar-refractivity contribution in [3.63, 3.8) is 0 Å². The Morgan fingerprint density at radius 2 is 1.71 bits per heavy atom. The Bertz CT molecular complexity index is 1420. The number of carbonyl (C=O) groups excluding carboxylic acids is 1. The lowest BCUT2D eigenvalue weighted by atomic mass is 10.0. The number of aryl methyl sites for hydroxylation is 1. The third-order valence-corrected chi connectivity index (χ3v) is 6.33. The zero-order chi connectivity index (χ0) is 22.2. The molecule has 1 amide bonds. The van der Waals surface area contributed by atoms with E-state index in [0.29, 0.717) is 33.4 Å². The van der Waals surface area contributed by atoms with Crippen molar-refractivity contribution >= 4 is 48.5 Å². The maximum Gasteiger partial charge on any atom is 0.256 e. The Kier molecular flexibility index (Phi) is 5.62. The number of pyridine rings is 1. The summed E-state index contributed by atoms with van der Waals surface area (Å²) in [5, 5.41) is 8.76. The van der Waals surface area contributed by atoms with Crippen LogP contribution in [0.3, 0.4) is 0 Å². The van der Waals surface area contributed by atoms with Crippen LogP contribution in [0.4, 0.5) is 5.69 Å². The fourth-order valence-corrected chi connectivity index (χ4v) is 4.04. The molecular weight excluding hydrogens is 478 g/mol. The van der Waals surface area contributed by atoms with E-state index in [4.69, 9.17) is 10.1 Å². The maximum absolute atomic E-state index is 13.3. The van der Waals surface area contributed by atoms with Gasteiger partial charge < -0.3 is 5.32 Å². The van der Waals surface area contributed by atoms with Crippen molar-refractivity contribution in [2.45, 2.75) is 11.8 Å². The fraction of sp³-hybridized carbons (Fsp3) is 0.0435. The van der Waals surface area contributed by atoms with Crippen LogP contribution in [0.2, 0.25) is 0 Å². The van der Waals surface area contributed by atoms with E-state index in [2.05, 4.69) is 21.2 Å². The van der Waals surface area contributed by atoms with E-state index in [0.717, 1.165) is 10.0 Å². The van der Waals surface area contributed by atoms with Crippen molar-refractivity contribution in [3.8, 4) is 11.3 Å². The van der Waals surface area contributed by atoms with Crippen LogP contribution < -0.4 is 10.5 Å². The minimum absolute atomic E-state index is 0.0662. The number of rotatable bonds is 4. The van der Waals surface area contributed by atoms with Crippen LogP contribution in [0.1, 0.15) is 15.9 Å². The predicted molar refractivity (Wildman–Crippen MR) is 125 cm³/mol. The normalized spacial score (nSPS) is 11.5. The number of sulfonamides is 1. The summed E-state index contributed by atoms with van der Waals surface area (Å²) < 4.78 is 24.4. The molecular formula is C23H18BrN3O3S. The molecule has 0 atom stereocenters. The Morgan fingerprint density at radius 1 is 1.00 bits per heavy atom. The lowest BCUT2D eigenvalue weighted by Gasteiger charge is -2.13. The summed E-state index contributed by atoms with van der Waals surface area (Å²) in [5.41, 5.74) is 3.74. The van der Waals surface area contributed by atoms with Crippen LogP contribution in [-0.2, 0) is 10.0 Å². The number of halogens is 1. The van der Waals surface area contributed by atoms with Crippen LogP contribution in [-0.4, -0.2) is 19.3 Å². The number of amides is 1. The van der Waals surface area contributed by atoms with Gasteiger partial charge in [0.25, 0.3) is 5.91 Å². The highest BCUT2D eigenvalue weighted by Crippen LogP contribution is 2.27. The molecule has 0 aliphatic heterocycles. The lowest BCUT2D eigenvalue weighted by molar-refractivity contribution is 0.102. The standard InChI is InChI=1S/C23H18BrN3O3S/c1-14-6-11-17(31(25,29)30)12-21(14)27-23(28)19-13-22(15-7-9-16(24)10-8-15)26-20-5-3-2-4-18(19)20/h2-13H,1H3,(H,27,28)(H2,25,29,30). The number of benzene rings is 3. The molecule has 4 rings (SSSR count). The van der Waals surface area contributed by atoms with Gasteiger partial charge in [0, 0.05) is 21.1 Å². The number of nitrogens with one attached hydrogen (secondary N) is 1. The quantitative estimate of drug-likeness (QED) is 0.421. The molecule has 156 valence electrons. The Balaban J connectivity index is 1.80. The molecule has 0 spiro atoms. The van der Waals surface area contributed by atoms with E-state index in [9.17, 15) is 13.2 Å². The van der Waals surface area contributed by atoms with E-state index < -0.39 is 10.0 Å². The highest BCUT2D eigenvalue weighted by molar-refractivity contribution is 9.10. The van der Waals surface area contributed by atoms with Gasteiger partial charge in [0.15, 0.2) is 0 Å².